The summed E-state index contributed by atoms with van der Waals surface area (Å²) in [7, 11) is 0. The number of carbonyl (C=O) groups excluding carboxylic acids is 1. The average molecular weight is 254 g/mol. The van der Waals surface area contributed by atoms with Crippen LogP contribution in [-0.2, 0) is 4.79 Å². The molecule has 0 saturated heterocycles. The fourth-order valence-corrected chi connectivity index (χ4v) is 2.94. The van der Waals surface area contributed by atoms with Gasteiger partial charge >= 0.3 is 0 Å². The van der Waals surface area contributed by atoms with Gasteiger partial charge < -0.3 is 11.1 Å². The van der Waals surface area contributed by atoms with Gasteiger partial charge in [0.2, 0.25) is 5.91 Å². The minimum absolute atomic E-state index is 0.160. The van der Waals surface area contributed by atoms with Gasteiger partial charge in [0, 0.05) is 0 Å². The van der Waals surface area contributed by atoms with Crippen molar-refractivity contribution in [3.63, 3.8) is 0 Å². The highest BCUT2D eigenvalue weighted by atomic mass is 16.1. The summed E-state index contributed by atoms with van der Waals surface area (Å²) in [5, 5.41) is 3.46. The van der Waals surface area contributed by atoms with Gasteiger partial charge in [-0.3, -0.25) is 4.79 Å². The van der Waals surface area contributed by atoms with Crippen LogP contribution in [0.5, 0.6) is 0 Å². The molecule has 1 saturated carbocycles. The van der Waals surface area contributed by atoms with Gasteiger partial charge in [-0.15, -0.1) is 0 Å². The Morgan fingerprint density at radius 3 is 2.44 bits per heavy atom. The standard InChI is InChI=1S/C15H30N2O/c1-11(2)10-17-15(14(16)18)8-5-6-13(7-9-15)12(3)4/h11-13,17H,5-10H2,1-4H3,(H2,16,18). The molecule has 3 N–H and O–H groups in total. The molecule has 1 aliphatic rings. The molecule has 1 fully saturated rings. The third kappa shape index (κ3) is 3.98. The van der Waals surface area contributed by atoms with E-state index >= 15 is 0 Å². The van der Waals surface area contributed by atoms with Crippen LogP contribution in [0.3, 0.4) is 0 Å². The molecule has 0 aromatic rings. The van der Waals surface area contributed by atoms with Crippen LogP contribution in [0.25, 0.3) is 0 Å². The molecule has 18 heavy (non-hydrogen) atoms. The monoisotopic (exact) mass is 254 g/mol. The third-order valence-electron chi connectivity index (χ3n) is 4.38. The summed E-state index contributed by atoms with van der Waals surface area (Å²) >= 11 is 0. The van der Waals surface area contributed by atoms with Crippen LogP contribution in [0.1, 0.15) is 59.8 Å². The molecule has 1 amide bonds. The van der Waals surface area contributed by atoms with Crippen LogP contribution in [-0.4, -0.2) is 18.0 Å². The van der Waals surface area contributed by atoms with Gasteiger partial charge in [0.05, 0.1) is 5.54 Å². The highest BCUT2D eigenvalue weighted by molar-refractivity contribution is 5.84. The summed E-state index contributed by atoms with van der Waals surface area (Å²) in [5.74, 6) is 1.84. The van der Waals surface area contributed by atoms with Gasteiger partial charge in [0.1, 0.15) is 0 Å². The number of primary amides is 1. The van der Waals surface area contributed by atoms with Crippen molar-refractivity contribution in [3.8, 4) is 0 Å². The average Bonchev–Trinajstić information content (AvgIpc) is 2.49. The first-order valence-electron chi connectivity index (χ1n) is 7.42. The number of rotatable bonds is 5. The number of carbonyl (C=O) groups is 1. The zero-order valence-corrected chi connectivity index (χ0v) is 12.5. The Hall–Kier alpha value is -0.570. The van der Waals surface area contributed by atoms with Crippen molar-refractivity contribution in [2.24, 2.45) is 23.5 Å². The zero-order chi connectivity index (χ0) is 13.8. The Bertz CT molecular complexity index is 276. The smallest absolute Gasteiger partial charge is 0.237 e. The molecule has 2 unspecified atom stereocenters. The SMILES string of the molecule is CC(C)CNC1(C(N)=O)CCCC(C(C)C)CC1. The maximum absolute atomic E-state index is 11.9. The minimum Gasteiger partial charge on any atom is -0.368 e. The lowest BCUT2D eigenvalue weighted by Gasteiger charge is -2.32. The molecule has 0 spiro atoms. The molecule has 3 heteroatoms. The van der Waals surface area contributed by atoms with Gasteiger partial charge in [0.25, 0.3) is 0 Å². The Labute approximate surface area is 112 Å². The number of nitrogens with one attached hydrogen (secondary N) is 1. The number of nitrogens with two attached hydrogens (primary N) is 1. The quantitative estimate of drug-likeness (QED) is 0.741. The van der Waals surface area contributed by atoms with Crippen molar-refractivity contribution in [1.29, 1.82) is 0 Å². The summed E-state index contributed by atoms with van der Waals surface area (Å²) in [4.78, 5) is 11.9. The van der Waals surface area contributed by atoms with Gasteiger partial charge in [-0.1, -0.05) is 40.5 Å². The largest absolute Gasteiger partial charge is 0.368 e. The van der Waals surface area contributed by atoms with E-state index in [1.807, 2.05) is 0 Å². The molecule has 1 rings (SSSR count). The van der Waals surface area contributed by atoms with Crippen LogP contribution >= 0.6 is 0 Å². The molecule has 1 aliphatic carbocycles. The topological polar surface area (TPSA) is 55.1 Å². The van der Waals surface area contributed by atoms with Crippen molar-refractivity contribution in [3.05, 3.63) is 0 Å². The Kier molecular flexibility index (Phi) is 5.64. The number of hydrogen-bond donors (Lipinski definition) is 2. The first kappa shape index (κ1) is 15.5. The summed E-state index contributed by atoms with van der Waals surface area (Å²) in [6.45, 7) is 9.76. The molecule has 0 aliphatic heterocycles. The Morgan fingerprint density at radius 2 is 1.94 bits per heavy atom. The Morgan fingerprint density at radius 1 is 1.28 bits per heavy atom. The molecular formula is C15H30N2O. The molecule has 0 aromatic carbocycles. The van der Waals surface area contributed by atoms with E-state index in [4.69, 9.17) is 5.73 Å². The Balaban J connectivity index is 2.70. The molecular weight excluding hydrogens is 224 g/mol. The van der Waals surface area contributed by atoms with Crippen LogP contribution in [0, 0.1) is 17.8 Å². The lowest BCUT2D eigenvalue weighted by molar-refractivity contribution is -0.125. The van der Waals surface area contributed by atoms with E-state index in [0.717, 1.165) is 38.1 Å². The second-order valence-corrected chi connectivity index (χ2v) is 6.66. The summed E-state index contributed by atoms with van der Waals surface area (Å²) in [5.41, 5.74) is 5.23. The van der Waals surface area contributed by atoms with E-state index in [1.165, 1.54) is 6.42 Å². The molecule has 106 valence electrons. The number of amides is 1. The fourth-order valence-electron chi connectivity index (χ4n) is 2.94. The first-order chi connectivity index (χ1) is 8.37. The van der Waals surface area contributed by atoms with Gasteiger partial charge in [-0.05, 0) is 43.6 Å². The van der Waals surface area contributed by atoms with E-state index < -0.39 is 5.54 Å². The minimum atomic E-state index is -0.450. The molecule has 2 atom stereocenters. The first-order valence-corrected chi connectivity index (χ1v) is 7.42. The molecule has 0 radical (unpaired) electrons. The normalized spacial score (nSPS) is 29.6. The van der Waals surface area contributed by atoms with Crippen molar-refractivity contribution >= 4 is 5.91 Å². The highest BCUT2D eigenvalue weighted by Gasteiger charge is 2.38. The summed E-state index contributed by atoms with van der Waals surface area (Å²) < 4.78 is 0. The van der Waals surface area contributed by atoms with Crippen molar-refractivity contribution in [2.45, 2.75) is 65.3 Å². The van der Waals surface area contributed by atoms with E-state index in [9.17, 15) is 4.79 Å². The molecule has 0 bridgehead atoms. The van der Waals surface area contributed by atoms with Crippen molar-refractivity contribution in [2.75, 3.05) is 6.54 Å². The van der Waals surface area contributed by atoms with Crippen molar-refractivity contribution in [1.82, 2.24) is 5.32 Å². The van der Waals surface area contributed by atoms with Crippen LogP contribution in [0.15, 0.2) is 0 Å². The number of hydrogen-bond acceptors (Lipinski definition) is 2. The predicted octanol–water partition coefficient (Wildman–Crippen LogP) is 2.69. The maximum atomic E-state index is 11.9. The van der Waals surface area contributed by atoms with E-state index in [2.05, 4.69) is 33.0 Å². The summed E-state index contributed by atoms with van der Waals surface area (Å²) in [6.07, 6.45) is 5.26. The van der Waals surface area contributed by atoms with Crippen LogP contribution in [0.4, 0.5) is 0 Å². The summed E-state index contributed by atoms with van der Waals surface area (Å²) in [6, 6.07) is 0. The van der Waals surface area contributed by atoms with Gasteiger partial charge in [-0.25, -0.2) is 0 Å². The van der Waals surface area contributed by atoms with Crippen LogP contribution in [0.2, 0.25) is 0 Å². The fraction of sp³-hybridized carbons (Fsp3) is 0.933. The van der Waals surface area contributed by atoms with Crippen LogP contribution < -0.4 is 11.1 Å². The second kappa shape index (κ2) is 6.55. The molecule has 3 nitrogen and oxygen atoms in total. The van der Waals surface area contributed by atoms with E-state index in [1.54, 1.807) is 0 Å². The molecule has 0 aromatic heterocycles. The molecule has 0 heterocycles. The zero-order valence-electron chi connectivity index (χ0n) is 12.5. The third-order valence-corrected chi connectivity index (χ3v) is 4.38. The maximum Gasteiger partial charge on any atom is 0.237 e. The lowest BCUT2D eigenvalue weighted by atomic mass is 9.86. The van der Waals surface area contributed by atoms with Crippen molar-refractivity contribution < 1.29 is 4.79 Å². The lowest BCUT2D eigenvalue weighted by Crippen LogP contribution is -2.56. The second-order valence-electron chi connectivity index (χ2n) is 6.66. The predicted molar refractivity (Wildman–Crippen MR) is 76.2 cm³/mol. The van der Waals surface area contributed by atoms with Gasteiger partial charge in [-0.2, -0.15) is 0 Å². The van der Waals surface area contributed by atoms with Gasteiger partial charge in [0.15, 0.2) is 0 Å². The van der Waals surface area contributed by atoms with E-state index in [0.29, 0.717) is 11.8 Å². The highest BCUT2D eigenvalue weighted by Crippen LogP contribution is 2.34. The van der Waals surface area contributed by atoms with E-state index in [-0.39, 0.29) is 5.91 Å².